The number of aliphatic hydroxyl groups is 1. The van der Waals surface area contributed by atoms with Crippen LogP contribution in [0, 0.1) is 0 Å². The van der Waals surface area contributed by atoms with Crippen molar-refractivity contribution in [1.82, 2.24) is 0 Å². The first-order chi connectivity index (χ1) is 10.4. The van der Waals surface area contributed by atoms with E-state index >= 15 is 0 Å². The van der Waals surface area contributed by atoms with Gasteiger partial charge in [0.25, 0.3) is 0 Å². The number of hydrogen-bond donors (Lipinski definition) is 2. The molecule has 0 heterocycles. The van der Waals surface area contributed by atoms with Crippen LogP contribution in [0.1, 0.15) is 30.9 Å². The Kier molecular flexibility index (Phi) is 7.48. The molecule has 0 spiro atoms. The molecule has 0 unspecified atom stereocenters. The molecular formula is C17H19F3OS. The topological polar surface area (TPSA) is 20.2 Å². The molecule has 0 bridgehead atoms. The Morgan fingerprint density at radius 1 is 1.32 bits per heavy atom. The van der Waals surface area contributed by atoms with E-state index in [0.717, 1.165) is 23.3 Å². The number of benzene rings is 1. The highest BCUT2D eigenvalue weighted by Crippen LogP contribution is 2.30. The lowest BCUT2D eigenvalue weighted by atomic mass is 9.99. The summed E-state index contributed by atoms with van der Waals surface area (Å²) in [5.74, 6) is 0. The zero-order chi connectivity index (χ0) is 16.6. The molecule has 1 aromatic rings. The minimum absolute atomic E-state index is 0.0682. The first-order valence-electron chi connectivity index (χ1n) is 6.85. The van der Waals surface area contributed by atoms with Crippen LogP contribution < -0.4 is 0 Å². The third kappa shape index (κ3) is 6.12. The van der Waals surface area contributed by atoms with Crippen LogP contribution in [0.25, 0.3) is 6.08 Å². The van der Waals surface area contributed by atoms with Crippen LogP contribution >= 0.6 is 12.6 Å². The molecule has 1 rings (SSSR count). The predicted molar refractivity (Wildman–Crippen MR) is 87.6 cm³/mol. The Hall–Kier alpha value is -1.46. The van der Waals surface area contributed by atoms with Crippen molar-refractivity contribution in [3.8, 4) is 0 Å². The van der Waals surface area contributed by atoms with E-state index in [0.29, 0.717) is 18.4 Å². The molecule has 5 heteroatoms. The van der Waals surface area contributed by atoms with E-state index in [4.69, 9.17) is 5.11 Å². The molecule has 120 valence electrons. The van der Waals surface area contributed by atoms with Crippen LogP contribution in [0.2, 0.25) is 0 Å². The number of aliphatic hydroxyl groups excluding tert-OH is 1. The maximum Gasteiger partial charge on any atom is 0.416 e. The Bertz CT molecular complexity index is 572. The molecule has 22 heavy (non-hydrogen) atoms. The summed E-state index contributed by atoms with van der Waals surface area (Å²) >= 11 is 3.98. The van der Waals surface area contributed by atoms with Crippen molar-refractivity contribution >= 4 is 18.7 Å². The van der Waals surface area contributed by atoms with Gasteiger partial charge in [-0.1, -0.05) is 30.4 Å². The number of alkyl halides is 3. The fourth-order valence-electron chi connectivity index (χ4n) is 1.99. The van der Waals surface area contributed by atoms with Gasteiger partial charge >= 0.3 is 6.18 Å². The van der Waals surface area contributed by atoms with Crippen LogP contribution in [0.3, 0.4) is 0 Å². The van der Waals surface area contributed by atoms with Crippen molar-refractivity contribution < 1.29 is 18.3 Å². The second-order valence-corrected chi connectivity index (χ2v) is 5.11. The summed E-state index contributed by atoms with van der Waals surface area (Å²) < 4.78 is 38.2. The van der Waals surface area contributed by atoms with Gasteiger partial charge in [-0.15, -0.1) is 0 Å². The lowest BCUT2D eigenvalue weighted by Crippen LogP contribution is -2.04. The SMILES string of the molecule is CC(=C/c1cccc(C(F)(F)F)c1)/C(=C\C=C\S)CCCO. The van der Waals surface area contributed by atoms with Gasteiger partial charge < -0.3 is 5.11 Å². The van der Waals surface area contributed by atoms with E-state index in [1.54, 1.807) is 23.6 Å². The average Bonchev–Trinajstić information content (AvgIpc) is 2.46. The molecule has 1 N–H and O–H groups in total. The lowest BCUT2D eigenvalue weighted by Gasteiger charge is -2.09. The normalized spacial score (nSPS) is 13.9. The van der Waals surface area contributed by atoms with Crippen molar-refractivity contribution in [3.05, 3.63) is 64.1 Å². The number of rotatable bonds is 6. The van der Waals surface area contributed by atoms with Gasteiger partial charge in [0.1, 0.15) is 0 Å². The van der Waals surface area contributed by atoms with Gasteiger partial charge in [-0.25, -0.2) is 0 Å². The van der Waals surface area contributed by atoms with Gasteiger partial charge in [0.05, 0.1) is 5.56 Å². The predicted octanol–water partition coefficient (Wildman–Crippen LogP) is 5.25. The van der Waals surface area contributed by atoms with Crippen molar-refractivity contribution in [2.24, 2.45) is 0 Å². The maximum absolute atomic E-state index is 12.7. The Balaban J connectivity index is 3.07. The van der Waals surface area contributed by atoms with Crippen molar-refractivity contribution in [2.45, 2.75) is 25.9 Å². The second kappa shape index (κ2) is 8.86. The van der Waals surface area contributed by atoms with Gasteiger partial charge in [0.2, 0.25) is 0 Å². The quantitative estimate of drug-likeness (QED) is 0.540. The number of thiol groups is 1. The summed E-state index contributed by atoms with van der Waals surface area (Å²) in [5, 5.41) is 10.5. The molecule has 0 saturated carbocycles. The van der Waals surface area contributed by atoms with E-state index in [9.17, 15) is 13.2 Å². The molecular weight excluding hydrogens is 309 g/mol. The largest absolute Gasteiger partial charge is 0.416 e. The first-order valence-corrected chi connectivity index (χ1v) is 7.37. The van der Waals surface area contributed by atoms with Crippen LogP contribution in [-0.4, -0.2) is 11.7 Å². The van der Waals surface area contributed by atoms with E-state index < -0.39 is 11.7 Å². The first kappa shape index (κ1) is 18.6. The van der Waals surface area contributed by atoms with Crippen molar-refractivity contribution in [3.63, 3.8) is 0 Å². The molecule has 0 radical (unpaired) electrons. The maximum atomic E-state index is 12.7. The van der Waals surface area contributed by atoms with E-state index in [1.807, 2.05) is 13.0 Å². The zero-order valence-corrected chi connectivity index (χ0v) is 13.2. The summed E-state index contributed by atoms with van der Waals surface area (Å²) in [6.07, 6.45) is 2.21. The van der Waals surface area contributed by atoms with E-state index in [-0.39, 0.29) is 6.61 Å². The van der Waals surface area contributed by atoms with Crippen LogP contribution in [-0.2, 0) is 6.18 Å². The Morgan fingerprint density at radius 3 is 2.64 bits per heavy atom. The summed E-state index contributed by atoms with van der Waals surface area (Å²) in [7, 11) is 0. The molecule has 0 aliphatic carbocycles. The minimum atomic E-state index is -4.35. The monoisotopic (exact) mass is 328 g/mol. The third-order valence-electron chi connectivity index (χ3n) is 3.09. The summed E-state index contributed by atoms with van der Waals surface area (Å²) in [6.45, 7) is 1.91. The number of hydrogen-bond acceptors (Lipinski definition) is 2. The highest BCUT2D eigenvalue weighted by atomic mass is 32.1. The molecule has 0 fully saturated rings. The third-order valence-corrected chi connectivity index (χ3v) is 3.26. The van der Waals surface area contributed by atoms with Gasteiger partial charge in [0.15, 0.2) is 0 Å². The molecule has 0 amide bonds. The summed E-state index contributed by atoms with van der Waals surface area (Å²) in [4.78, 5) is 0. The van der Waals surface area contributed by atoms with Crippen LogP contribution in [0.4, 0.5) is 13.2 Å². The molecule has 0 aromatic heterocycles. The van der Waals surface area contributed by atoms with Crippen molar-refractivity contribution in [2.75, 3.05) is 6.61 Å². The fourth-order valence-corrected chi connectivity index (χ4v) is 2.07. The van der Waals surface area contributed by atoms with Gasteiger partial charge in [0, 0.05) is 6.61 Å². The van der Waals surface area contributed by atoms with E-state index in [2.05, 4.69) is 12.6 Å². The smallest absolute Gasteiger partial charge is 0.396 e. The highest BCUT2D eigenvalue weighted by Gasteiger charge is 2.30. The molecule has 0 aliphatic rings. The van der Waals surface area contributed by atoms with Crippen LogP contribution in [0.5, 0.6) is 0 Å². The standard InChI is InChI=1S/C17H19F3OS/c1-13(15(6-3-9-21)7-4-10-22)11-14-5-2-8-16(12-14)17(18,19)20/h2,4-5,7-8,10-12,21-22H,3,6,9H2,1H3/b10-4+,13-11-,15-7-. The minimum Gasteiger partial charge on any atom is -0.396 e. The summed E-state index contributed by atoms with van der Waals surface area (Å²) in [5.41, 5.74) is 1.65. The second-order valence-electron chi connectivity index (χ2n) is 4.81. The average molecular weight is 328 g/mol. The highest BCUT2D eigenvalue weighted by molar-refractivity contribution is 7.83. The Labute approximate surface area is 134 Å². The van der Waals surface area contributed by atoms with Gasteiger partial charge in [-0.3, -0.25) is 0 Å². The van der Waals surface area contributed by atoms with E-state index in [1.165, 1.54) is 6.07 Å². The fraction of sp³-hybridized carbons (Fsp3) is 0.294. The molecule has 0 atom stereocenters. The molecule has 0 aliphatic heterocycles. The molecule has 1 aromatic carbocycles. The lowest BCUT2D eigenvalue weighted by molar-refractivity contribution is -0.137. The number of allylic oxidation sites excluding steroid dienone is 4. The Morgan fingerprint density at radius 2 is 2.05 bits per heavy atom. The molecule has 1 nitrogen and oxygen atoms in total. The summed E-state index contributed by atoms with van der Waals surface area (Å²) in [6, 6.07) is 5.21. The van der Waals surface area contributed by atoms with Crippen molar-refractivity contribution in [1.29, 1.82) is 0 Å². The van der Waals surface area contributed by atoms with Gasteiger partial charge in [-0.2, -0.15) is 25.8 Å². The zero-order valence-electron chi connectivity index (χ0n) is 12.3. The van der Waals surface area contributed by atoms with Gasteiger partial charge in [-0.05, 0) is 54.0 Å². The number of halogens is 3. The molecule has 0 saturated heterocycles. The van der Waals surface area contributed by atoms with Crippen LogP contribution in [0.15, 0.2) is 53.0 Å².